The third-order valence-corrected chi connectivity index (χ3v) is 2.86. The molecule has 0 radical (unpaired) electrons. The molecule has 0 aromatic heterocycles. The third kappa shape index (κ3) is 2.34. The number of amides is 1. The maximum atomic E-state index is 12.3. The molecule has 5 heteroatoms. The average Bonchev–Trinajstić information content (AvgIpc) is 2.37. The van der Waals surface area contributed by atoms with Crippen LogP contribution in [0.4, 0.5) is 14.5 Å². The maximum Gasteiger partial charge on any atom is 0.387 e. The Hall–Kier alpha value is -1.91. The number of hydrogen-bond acceptors (Lipinski definition) is 2. The van der Waals surface area contributed by atoms with E-state index in [1.165, 1.54) is 17.0 Å². The SMILES string of the molecule is C=CC(=O)N1CCCc2c(OC(F)F)cccc21. The average molecular weight is 253 g/mol. The molecule has 0 atom stereocenters. The Bertz CT molecular complexity index is 474. The second-order valence-corrected chi connectivity index (χ2v) is 3.93. The highest BCUT2D eigenvalue weighted by molar-refractivity contribution is 6.02. The van der Waals surface area contributed by atoms with Gasteiger partial charge in [-0.15, -0.1) is 0 Å². The zero-order valence-electron chi connectivity index (χ0n) is 9.73. The molecule has 0 bridgehead atoms. The molecule has 1 aromatic rings. The molecule has 0 spiro atoms. The first-order valence-electron chi connectivity index (χ1n) is 5.64. The molecule has 2 rings (SSSR count). The van der Waals surface area contributed by atoms with Gasteiger partial charge in [-0.25, -0.2) is 0 Å². The van der Waals surface area contributed by atoms with E-state index in [4.69, 9.17) is 0 Å². The van der Waals surface area contributed by atoms with Crippen LogP contribution in [0.2, 0.25) is 0 Å². The molecule has 96 valence electrons. The molecule has 0 saturated carbocycles. The quantitative estimate of drug-likeness (QED) is 0.775. The molecule has 1 aliphatic rings. The lowest BCUT2D eigenvalue weighted by atomic mass is 10.0. The highest BCUT2D eigenvalue weighted by Gasteiger charge is 2.24. The Kier molecular flexibility index (Phi) is 3.60. The molecule has 1 aromatic carbocycles. The molecule has 1 amide bonds. The monoisotopic (exact) mass is 253 g/mol. The van der Waals surface area contributed by atoms with Crippen LogP contribution < -0.4 is 9.64 Å². The van der Waals surface area contributed by atoms with Crippen molar-refractivity contribution < 1.29 is 18.3 Å². The smallest absolute Gasteiger partial charge is 0.387 e. The highest BCUT2D eigenvalue weighted by atomic mass is 19.3. The minimum Gasteiger partial charge on any atom is -0.434 e. The third-order valence-electron chi connectivity index (χ3n) is 2.86. The fourth-order valence-electron chi connectivity index (χ4n) is 2.14. The van der Waals surface area contributed by atoms with Crippen LogP contribution in [0, 0.1) is 0 Å². The summed E-state index contributed by atoms with van der Waals surface area (Å²) in [6.07, 6.45) is 2.56. The van der Waals surface area contributed by atoms with Gasteiger partial charge in [-0.05, 0) is 31.1 Å². The lowest BCUT2D eigenvalue weighted by Gasteiger charge is -2.29. The van der Waals surface area contributed by atoms with Gasteiger partial charge in [-0.1, -0.05) is 12.6 Å². The summed E-state index contributed by atoms with van der Waals surface area (Å²) in [7, 11) is 0. The van der Waals surface area contributed by atoms with Crippen LogP contribution in [0.5, 0.6) is 5.75 Å². The van der Waals surface area contributed by atoms with Crippen molar-refractivity contribution in [2.24, 2.45) is 0 Å². The molecule has 0 unspecified atom stereocenters. The molecule has 0 aliphatic carbocycles. The largest absolute Gasteiger partial charge is 0.434 e. The Morgan fingerprint density at radius 2 is 2.28 bits per heavy atom. The first-order chi connectivity index (χ1) is 8.63. The summed E-state index contributed by atoms with van der Waals surface area (Å²) in [5, 5.41) is 0. The van der Waals surface area contributed by atoms with E-state index in [0.717, 1.165) is 6.42 Å². The van der Waals surface area contributed by atoms with E-state index in [0.29, 0.717) is 24.2 Å². The highest BCUT2D eigenvalue weighted by Crippen LogP contribution is 2.35. The number of benzene rings is 1. The zero-order valence-corrected chi connectivity index (χ0v) is 9.73. The molecule has 3 nitrogen and oxygen atoms in total. The van der Waals surface area contributed by atoms with Crippen molar-refractivity contribution in [2.45, 2.75) is 19.5 Å². The van der Waals surface area contributed by atoms with E-state index >= 15 is 0 Å². The molecule has 1 aliphatic heterocycles. The van der Waals surface area contributed by atoms with Crippen molar-refractivity contribution in [3.63, 3.8) is 0 Å². The van der Waals surface area contributed by atoms with Gasteiger partial charge in [-0.3, -0.25) is 4.79 Å². The van der Waals surface area contributed by atoms with Crippen LogP contribution in [0.3, 0.4) is 0 Å². The maximum absolute atomic E-state index is 12.3. The Labute approximate surface area is 104 Å². The van der Waals surface area contributed by atoms with Crippen molar-refractivity contribution in [1.82, 2.24) is 0 Å². The number of rotatable bonds is 3. The van der Waals surface area contributed by atoms with Gasteiger partial charge in [-0.2, -0.15) is 8.78 Å². The zero-order chi connectivity index (χ0) is 13.1. The predicted molar refractivity (Wildman–Crippen MR) is 63.9 cm³/mol. The van der Waals surface area contributed by atoms with Gasteiger partial charge >= 0.3 is 6.61 Å². The van der Waals surface area contributed by atoms with Gasteiger partial charge in [0.15, 0.2) is 0 Å². The summed E-state index contributed by atoms with van der Waals surface area (Å²) in [6, 6.07) is 4.83. The second-order valence-electron chi connectivity index (χ2n) is 3.93. The number of alkyl halides is 2. The number of halogens is 2. The van der Waals surface area contributed by atoms with Gasteiger partial charge in [0.25, 0.3) is 0 Å². The fourth-order valence-corrected chi connectivity index (χ4v) is 2.14. The number of fused-ring (bicyclic) bond motifs is 1. The molecule has 0 N–H and O–H groups in total. The predicted octanol–water partition coefficient (Wildman–Crippen LogP) is 2.75. The molecule has 1 heterocycles. The summed E-state index contributed by atoms with van der Waals surface area (Å²) >= 11 is 0. The number of nitrogens with zero attached hydrogens (tertiary/aromatic N) is 1. The van der Waals surface area contributed by atoms with Gasteiger partial charge in [0, 0.05) is 12.1 Å². The molecular weight excluding hydrogens is 240 g/mol. The number of carbonyl (C=O) groups is 1. The first kappa shape index (κ1) is 12.5. The lowest BCUT2D eigenvalue weighted by molar-refractivity contribution is -0.114. The molecular formula is C13H13F2NO2. The van der Waals surface area contributed by atoms with Crippen LogP contribution in [-0.2, 0) is 11.2 Å². The van der Waals surface area contributed by atoms with E-state index in [2.05, 4.69) is 11.3 Å². The topological polar surface area (TPSA) is 29.5 Å². The Morgan fingerprint density at radius 1 is 1.50 bits per heavy atom. The minimum atomic E-state index is -2.86. The second kappa shape index (κ2) is 5.16. The van der Waals surface area contributed by atoms with Crippen molar-refractivity contribution in [1.29, 1.82) is 0 Å². The van der Waals surface area contributed by atoms with Crippen LogP contribution in [0.15, 0.2) is 30.9 Å². The van der Waals surface area contributed by atoms with Crippen molar-refractivity contribution in [3.8, 4) is 5.75 Å². The summed E-state index contributed by atoms with van der Waals surface area (Å²) < 4.78 is 29.1. The van der Waals surface area contributed by atoms with Crippen LogP contribution in [0.25, 0.3) is 0 Å². The number of anilines is 1. The Balaban J connectivity index is 2.40. The van der Waals surface area contributed by atoms with Crippen LogP contribution in [-0.4, -0.2) is 19.1 Å². The number of hydrogen-bond donors (Lipinski definition) is 0. The summed E-state index contributed by atoms with van der Waals surface area (Å²) in [5.74, 6) is -0.0887. The lowest BCUT2D eigenvalue weighted by Crippen LogP contribution is -2.34. The summed E-state index contributed by atoms with van der Waals surface area (Å²) in [6.45, 7) is 1.14. The Morgan fingerprint density at radius 3 is 2.94 bits per heavy atom. The van der Waals surface area contributed by atoms with Gasteiger partial charge in [0.2, 0.25) is 5.91 Å². The number of carbonyl (C=O) groups excluding carboxylic acids is 1. The van der Waals surface area contributed by atoms with E-state index in [9.17, 15) is 13.6 Å². The number of ether oxygens (including phenoxy) is 1. The molecule has 0 fully saturated rings. The van der Waals surface area contributed by atoms with E-state index < -0.39 is 6.61 Å². The van der Waals surface area contributed by atoms with E-state index in [-0.39, 0.29) is 11.7 Å². The fraction of sp³-hybridized carbons (Fsp3) is 0.308. The molecule has 18 heavy (non-hydrogen) atoms. The van der Waals surface area contributed by atoms with Crippen molar-refractivity contribution in [3.05, 3.63) is 36.4 Å². The van der Waals surface area contributed by atoms with Crippen LogP contribution in [0.1, 0.15) is 12.0 Å². The normalized spacial score (nSPS) is 14.3. The standard InChI is InChI=1S/C13H13F2NO2/c1-2-12(17)16-8-4-5-9-10(16)6-3-7-11(9)18-13(14)15/h2-3,6-7,13H,1,4-5,8H2. The van der Waals surface area contributed by atoms with Gasteiger partial charge < -0.3 is 9.64 Å². The minimum absolute atomic E-state index is 0.143. The van der Waals surface area contributed by atoms with E-state index in [1.807, 2.05) is 0 Å². The molecule has 0 saturated heterocycles. The van der Waals surface area contributed by atoms with Crippen molar-refractivity contribution in [2.75, 3.05) is 11.4 Å². The first-order valence-corrected chi connectivity index (χ1v) is 5.64. The van der Waals surface area contributed by atoms with Gasteiger partial charge in [0.05, 0.1) is 5.69 Å². The van der Waals surface area contributed by atoms with E-state index in [1.54, 1.807) is 12.1 Å². The van der Waals surface area contributed by atoms with Crippen LogP contribution >= 0.6 is 0 Å². The summed E-state index contributed by atoms with van der Waals surface area (Å²) in [4.78, 5) is 13.2. The van der Waals surface area contributed by atoms with Gasteiger partial charge in [0.1, 0.15) is 5.75 Å². The summed E-state index contributed by atoms with van der Waals surface area (Å²) in [5.41, 5.74) is 1.28. The van der Waals surface area contributed by atoms with Crippen molar-refractivity contribution >= 4 is 11.6 Å².